The molecule has 4 aromatic rings. The fourth-order valence-corrected chi connectivity index (χ4v) is 3.76. The molecule has 0 fully saturated rings. The number of aromatic nitrogens is 4. The van der Waals surface area contributed by atoms with Crippen molar-refractivity contribution in [2.24, 2.45) is 0 Å². The minimum Gasteiger partial charge on any atom is -0.348 e. The van der Waals surface area contributed by atoms with Crippen LogP contribution >= 0.6 is 0 Å². The third-order valence-corrected chi connectivity index (χ3v) is 5.74. The summed E-state index contributed by atoms with van der Waals surface area (Å²) >= 11 is 0. The van der Waals surface area contributed by atoms with Crippen LogP contribution in [0.15, 0.2) is 82.8 Å². The number of rotatable bonds is 8. The average molecular weight is 512 g/mol. The van der Waals surface area contributed by atoms with Crippen molar-refractivity contribution in [1.82, 2.24) is 24.2 Å². The summed E-state index contributed by atoms with van der Waals surface area (Å²) in [5, 5.41) is 6.81. The maximum atomic E-state index is 13.3. The summed E-state index contributed by atoms with van der Waals surface area (Å²) in [6.45, 7) is 2.19. The van der Waals surface area contributed by atoms with Crippen LogP contribution in [0.4, 0.5) is 13.2 Å². The van der Waals surface area contributed by atoms with Crippen molar-refractivity contribution >= 4 is 5.91 Å². The monoisotopic (exact) mass is 511 g/mol. The number of hydrogen-bond donors (Lipinski definition) is 1. The van der Waals surface area contributed by atoms with E-state index in [2.05, 4.69) is 10.4 Å². The normalized spacial score (nSPS) is 11.5. The first kappa shape index (κ1) is 25.7. The van der Waals surface area contributed by atoms with Gasteiger partial charge in [-0.05, 0) is 48.4 Å². The van der Waals surface area contributed by atoms with E-state index in [-0.39, 0.29) is 24.3 Å². The molecular formula is C26H24F3N5O3. The van der Waals surface area contributed by atoms with Gasteiger partial charge in [0.25, 0.3) is 11.5 Å². The molecule has 11 heteroatoms. The average Bonchev–Trinajstić information content (AvgIpc) is 3.42. The Bertz CT molecular complexity index is 1500. The maximum absolute atomic E-state index is 13.3. The molecule has 2 aromatic carbocycles. The second-order valence-corrected chi connectivity index (χ2v) is 8.36. The van der Waals surface area contributed by atoms with Gasteiger partial charge in [0.05, 0.1) is 16.9 Å². The van der Waals surface area contributed by atoms with E-state index in [0.717, 1.165) is 35.9 Å². The van der Waals surface area contributed by atoms with Crippen LogP contribution < -0.4 is 16.6 Å². The summed E-state index contributed by atoms with van der Waals surface area (Å²) in [7, 11) is 0. The molecule has 8 nitrogen and oxygen atoms in total. The van der Waals surface area contributed by atoms with Crippen molar-refractivity contribution < 1.29 is 18.0 Å². The van der Waals surface area contributed by atoms with Gasteiger partial charge in [0, 0.05) is 31.7 Å². The molecule has 2 heterocycles. The molecule has 0 aliphatic heterocycles. The number of nitrogens with zero attached hydrogens (tertiary/aromatic N) is 4. The standard InChI is InChI=1S/C26H24F3N5O3/c1-2-3-13-32-17-22(23(35)30-16-18-8-10-20(11-9-18)33-14-5-12-31-33)24(36)34(25(32)37)21-7-4-6-19(15-21)26(27,28)29/h4-12,14-15,17H,2-3,13,16H2,1H3,(H,30,35). The van der Waals surface area contributed by atoms with Gasteiger partial charge in [0.15, 0.2) is 0 Å². The Balaban J connectivity index is 1.66. The first-order valence-electron chi connectivity index (χ1n) is 11.6. The zero-order valence-electron chi connectivity index (χ0n) is 19.9. The van der Waals surface area contributed by atoms with Crippen molar-refractivity contribution in [1.29, 1.82) is 0 Å². The number of hydrogen-bond acceptors (Lipinski definition) is 4. The highest BCUT2D eigenvalue weighted by Gasteiger charge is 2.31. The van der Waals surface area contributed by atoms with Crippen molar-refractivity contribution in [3.63, 3.8) is 0 Å². The van der Waals surface area contributed by atoms with Crippen molar-refractivity contribution in [2.75, 3.05) is 0 Å². The molecule has 0 spiro atoms. The van der Waals surface area contributed by atoms with Gasteiger partial charge in [-0.1, -0.05) is 31.5 Å². The summed E-state index contributed by atoms with van der Waals surface area (Å²) in [6, 6.07) is 12.9. The van der Waals surface area contributed by atoms with Crippen molar-refractivity contribution in [2.45, 2.75) is 39.0 Å². The number of nitrogens with one attached hydrogen (secondary N) is 1. The number of halogens is 3. The van der Waals surface area contributed by atoms with Gasteiger partial charge in [-0.25, -0.2) is 14.0 Å². The molecule has 0 bridgehead atoms. The second-order valence-electron chi connectivity index (χ2n) is 8.36. The molecule has 0 atom stereocenters. The smallest absolute Gasteiger partial charge is 0.348 e. The van der Waals surface area contributed by atoms with Crippen LogP contribution in [-0.2, 0) is 19.3 Å². The molecule has 192 valence electrons. The van der Waals surface area contributed by atoms with Gasteiger partial charge in [-0.2, -0.15) is 18.3 Å². The van der Waals surface area contributed by atoms with E-state index in [9.17, 15) is 27.6 Å². The molecule has 0 radical (unpaired) electrons. The third-order valence-electron chi connectivity index (χ3n) is 5.74. The van der Waals surface area contributed by atoms with Gasteiger partial charge >= 0.3 is 11.9 Å². The second kappa shape index (κ2) is 10.7. The minimum atomic E-state index is -4.66. The van der Waals surface area contributed by atoms with Gasteiger partial charge in [-0.15, -0.1) is 0 Å². The van der Waals surface area contributed by atoms with E-state index < -0.39 is 28.9 Å². The predicted molar refractivity (Wildman–Crippen MR) is 131 cm³/mol. The lowest BCUT2D eigenvalue weighted by Crippen LogP contribution is -2.43. The first-order valence-corrected chi connectivity index (χ1v) is 11.6. The number of carbonyl (C=O) groups excluding carboxylic acids is 1. The molecular weight excluding hydrogens is 487 g/mol. The number of benzene rings is 2. The number of alkyl halides is 3. The maximum Gasteiger partial charge on any atom is 0.416 e. The van der Waals surface area contributed by atoms with Crippen molar-refractivity contribution in [3.05, 3.63) is 111 Å². The van der Waals surface area contributed by atoms with Crippen LogP contribution in [0.5, 0.6) is 0 Å². The van der Waals surface area contributed by atoms with Crippen LogP contribution in [0.3, 0.4) is 0 Å². The summed E-state index contributed by atoms with van der Waals surface area (Å²) in [5.41, 5.74) is -1.86. The third kappa shape index (κ3) is 5.71. The zero-order chi connectivity index (χ0) is 26.6. The molecule has 0 unspecified atom stereocenters. The Morgan fingerprint density at radius 3 is 2.43 bits per heavy atom. The quantitative estimate of drug-likeness (QED) is 0.388. The van der Waals surface area contributed by atoms with Gasteiger partial charge in [0.1, 0.15) is 5.56 Å². The fraction of sp³-hybridized carbons (Fsp3) is 0.231. The highest BCUT2D eigenvalue weighted by atomic mass is 19.4. The number of unbranched alkanes of at least 4 members (excludes halogenated alkanes) is 1. The van der Waals surface area contributed by atoms with Gasteiger partial charge in [0.2, 0.25) is 0 Å². The summed E-state index contributed by atoms with van der Waals surface area (Å²) in [5.74, 6) is -0.743. The van der Waals surface area contributed by atoms with Crippen LogP contribution in [-0.4, -0.2) is 24.8 Å². The molecule has 0 aliphatic carbocycles. The fourth-order valence-electron chi connectivity index (χ4n) is 3.76. The molecule has 0 saturated carbocycles. The van der Waals surface area contributed by atoms with E-state index >= 15 is 0 Å². The highest BCUT2D eigenvalue weighted by molar-refractivity contribution is 5.93. The van der Waals surface area contributed by atoms with E-state index in [1.807, 2.05) is 19.1 Å². The number of amides is 1. The topological polar surface area (TPSA) is 90.9 Å². The Labute approximate surface area is 209 Å². The van der Waals surface area contributed by atoms with E-state index in [1.165, 1.54) is 16.8 Å². The van der Waals surface area contributed by atoms with Gasteiger partial charge < -0.3 is 5.32 Å². The molecule has 1 N–H and O–H groups in total. The lowest BCUT2D eigenvalue weighted by molar-refractivity contribution is -0.137. The predicted octanol–water partition coefficient (Wildman–Crippen LogP) is 3.93. The summed E-state index contributed by atoms with van der Waals surface area (Å²) in [6.07, 6.45) is 1.25. The van der Waals surface area contributed by atoms with E-state index in [0.29, 0.717) is 11.0 Å². The van der Waals surface area contributed by atoms with Crippen LogP contribution in [0.1, 0.15) is 41.3 Å². The molecule has 0 aliphatic rings. The largest absolute Gasteiger partial charge is 0.416 e. The highest BCUT2D eigenvalue weighted by Crippen LogP contribution is 2.29. The number of aryl methyl sites for hydroxylation is 1. The van der Waals surface area contributed by atoms with Gasteiger partial charge in [-0.3, -0.25) is 14.2 Å². The lowest BCUT2D eigenvalue weighted by Gasteiger charge is -2.14. The lowest BCUT2D eigenvalue weighted by atomic mass is 10.2. The molecule has 0 saturated heterocycles. The Morgan fingerprint density at radius 2 is 1.78 bits per heavy atom. The van der Waals surface area contributed by atoms with E-state index in [4.69, 9.17) is 0 Å². The van der Waals surface area contributed by atoms with Crippen LogP contribution in [0.25, 0.3) is 11.4 Å². The molecule has 4 rings (SSSR count). The zero-order valence-corrected chi connectivity index (χ0v) is 19.9. The summed E-state index contributed by atoms with van der Waals surface area (Å²) < 4.78 is 43.3. The minimum absolute atomic E-state index is 0.0926. The van der Waals surface area contributed by atoms with E-state index in [1.54, 1.807) is 35.3 Å². The first-order chi connectivity index (χ1) is 17.7. The van der Waals surface area contributed by atoms with Crippen molar-refractivity contribution in [3.8, 4) is 11.4 Å². The molecule has 2 aromatic heterocycles. The van der Waals surface area contributed by atoms with Crippen LogP contribution in [0, 0.1) is 0 Å². The SMILES string of the molecule is CCCCn1cc(C(=O)NCc2ccc(-n3cccn3)cc2)c(=O)n(-c2cccc(C(F)(F)F)c2)c1=O. The Kier molecular flexibility index (Phi) is 7.42. The Morgan fingerprint density at radius 1 is 1.03 bits per heavy atom. The molecule has 1 amide bonds. The summed E-state index contributed by atoms with van der Waals surface area (Å²) in [4.78, 5) is 39.3. The molecule has 37 heavy (non-hydrogen) atoms. The Hall–Kier alpha value is -4.41. The number of carbonyl (C=O) groups is 1. The van der Waals surface area contributed by atoms with Crippen LogP contribution in [0.2, 0.25) is 0 Å².